The lowest BCUT2D eigenvalue weighted by molar-refractivity contribution is -0.117. The van der Waals surface area contributed by atoms with Crippen LogP contribution >= 0.6 is 0 Å². The normalized spacial score (nSPS) is 18.6. The minimum absolute atomic E-state index is 0.0274. The van der Waals surface area contributed by atoms with E-state index in [-0.39, 0.29) is 11.8 Å². The van der Waals surface area contributed by atoms with Crippen molar-refractivity contribution in [1.82, 2.24) is 0 Å². The molecule has 0 spiro atoms. The van der Waals surface area contributed by atoms with Crippen LogP contribution in [0.25, 0.3) is 10.8 Å². The van der Waals surface area contributed by atoms with Crippen LogP contribution in [0.4, 0.5) is 5.69 Å². The lowest BCUT2D eigenvalue weighted by Gasteiger charge is -2.06. The fraction of sp³-hybridized carbons (Fsp3) is 0.214. The third-order valence-electron chi connectivity index (χ3n) is 3.28. The van der Waals surface area contributed by atoms with Crippen LogP contribution in [0, 0.1) is 0 Å². The molecule has 1 amide bonds. The molecule has 0 fully saturated rings. The first-order chi connectivity index (χ1) is 7.79. The lowest BCUT2D eigenvalue weighted by atomic mass is 9.95. The Bertz CT molecular complexity index is 574. The molecule has 1 aliphatic heterocycles. The van der Waals surface area contributed by atoms with Gasteiger partial charge < -0.3 is 5.32 Å². The van der Waals surface area contributed by atoms with Gasteiger partial charge in [0.25, 0.3) is 0 Å². The molecule has 2 nitrogen and oxygen atoms in total. The monoisotopic (exact) mass is 211 g/mol. The molecule has 1 atom stereocenters. The van der Waals surface area contributed by atoms with Crippen LogP contribution in [0.2, 0.25) is 0 Å². The van der Waals surface area contributed by atoms with Gasteiger partial charge in [0.2, 0.25) is 5.91 Å². The average molecular weight is 211 g/mol. The Morgan fingerprint density at radius 3 is 2.56 bits per heavy atom. The van der Waals surface area contributed by atoms with Gasteiger partial charge in [0.1, 0.15) is 0 Å². The van der Waals surface area contributed by atoms with Crippen molar-refractivity contribution in [2.24, 2.45) is 0 Å². The molecule has 0 aromatic heterocycles. The van der Waals surface area contributed by atoms with Crippen molar-refractivity contribution in [1.29, 1.82) is 0 Å². The number of amides is 1. The van der Waals surface area contributed by atoms with E-state index in [1.54, 1.807) is 0 Å². The number of hydrogen-bond donors (Lipinski definition) is 1. The number of nitrogens with one attached hydrogen (secondary N) is 1. The first-order valence-corrected chi connectivity index (χ1v) is 5.63. The van der Waals surface area contributed by atoms with Crippen LogP contribution in [0.1, 0.15) is 24.8 Å². The molecule has 1 N–H and O–H groups in total. The fourth-order valence-electron chi connectivity index (χ4n) is 2.42. The molecule has 16 heavy (non-hydrogen) atoms. The van der Waals surface area contributed by atoms with Gasteiger partial charge in [0, 0.05) is 5.69 Å². The van der Waals surface area contributed by atoms with Crippen LogP contribution in [-0.2, 0) is 4.79 Å². The van der Waals surface area contributed by atoms with Crippen LogP contribution < -0.4 is 5.32 Å². The Morgan fingerprint density at radius 2 is 1.88 bits per heavy atom. The zero-order valence-electron chi connectivity index (χ0n) is 9.16. The number of rotatable bonds is 1. The number of hydrogen-bond acceptors (Lipinski definition) is 1. The van der Waals surface area contributed by atoms with Crippen LogP contribution in [0.3, 0.4) is 0 Å². The minimum atomic E-state index is 0.0274. The summed E-state index contributed by atoms with van der Waals surface area (Å²) in [6.07, 6.45) is 0.858. The standard InChI is InChI=1S/C14H13NO/c1-2-11-12-7-9-5-3-4-6-10(9)8-13(12)15-14(11)16/h3-8,11H,2H2,1H3,(H,15,16). The molecule has 1 unspecified atom stereocenters. The Hall–Kier alpha value is -1.83. The van der Waals surface area contributed by atoms with Crippen molar-refractivity contribution in [2.75, 3.05) is 5.32 Å². The molecule has 0 saturated carbocycles. The summed E-state index contributed by atoms with van der Waals surface area (Å²) >= 11 is 0. The van der Waals surface area contributed by atoms with E-state index in [0.29, 0.717) is 0 Å². The number of carbonyl (C=O) groups excluding carboxylic acids is 1. The maximum Gasteiger partial charge on any atom is 0.231 e. The van der Waals surface area contributed by atoms with E-state index < -0.39 is 0 Å². The lowest BCUT2D eigenvalue weighted by Crippen LogP contribution is -2.10. The molecule has 1 aliphatic rings. The fourth-order valence-corrected chi connectivity index (χ4v) is 2.42. The predicted molar refractivity (Wildman–Crippen MR) is 65.6 cm³/mol. The molecule has 2 heteroatoms. The van der Waals surface area contributed by atoms with E-state index >= 15 is 0 Å². The second kappa shape index (κ2) is 3.34. The zero-order chi connectivity index (χ0) is 11.1. The van der Waals surface area contributed by atoms with Gasteiger partial charge in [-0.15, -0.1) is 0 Å². The third-order valence-corrected chi connectivity index (χ3v) is 3.28. The van der Waals surface area contributed by atoms with E-state index in [4.69, 9.17) is 0 Å². The Morgan fingerprint density at radius 1 is 1.19 bits per heavy atom. The van der Waals surface area contributed by atoms with E-state index in [1.807, 2.05) is 12.1 Å². The SMILES string of the molecule is CCC1C(=O)Nc2cc3ccccc3cc21. The first-order valence-electron chi connectivity index (χ1n) is 5.63. The van der Waals surface area contributed by atoms with Crippen molar-refractivity contribution < 1.29 is 4.79 Å². The summed E-state index contributed by atoms with van der Waals surface area (Å²) in [5.74, 6) is 0.160. The number of benzene rings is 2. The molecule has 2 aromatic carbocycles. The molecule has 1 heterocycles. The molecule has 3 rings (SSSR count). The van der Waals surface area contributed by atoms with Crippen LogP contribution in [0.15, 0.2) is 36.4 Å². The maximum atomic E-state index is 11.7. The van der Waals surface area contributed by atoms with E-state index in [9.17, 15) is 4.79 Å². The average Bonchev–Trinajstić information content (AvgIpc) is 2.60. The molecular weight excluding hydrogens is 198 g/mol. The summed E-state index contributed by atoms with van der Waals surface area (Å²) in [4.78, 5) is 11.7. The van der Waals surface area contributed by atoms with E-state index in [0.717, 1.165) is 17.7 Å². The van der Waals surface area contributed by atoms with Crippen molar-refractivity contribution in [3.05, 3.63) is 42.0 Å². The highest BCUT2D eigenvalue weighted by atomic mass is 16.2. The number of anilines is 1. The van der Waals surface area contributed by atoms with Gasteiger partial charge in [-0.1, -0.05) is 31.2 Å². The molecule has 0 saturated heterocycles. The largest absolute Gasteiger partial charge is 0.325 e. The zero-order valence-corrected chi connectivity index (χ0v) is 9.16. The summed E-state index contributed by atoms with van der Waals surface area (Å²) < 4.78 is 0. The topological polar surface area (TPSA) is 29.1 Å². The van der Waals surface area contributed by atoms with Gasteiger partial charge in [-0.2, -0.15) is 0 Å². The van der Waals surface area contributed by atoms with Crippen molar-refractivity contribution in [2.45, 2.75) is 19.3 Å². The molecule has 0 aliphatic carbocycles. The van der Waals surface area contributed by atoms with Gasteiger partial charge in [-0.05, 0) is 34.9 Å². The minimum Gasteiger partial charge on any atom is -0.325 e. The third kappa shape index (κ3) is 1.23. The Labute approximate surface area is 94.3 Å². The maximum absolute atomic E-state index is 11.7. The highest BCUT2D eigenvalue weighted by Crippen LogP contribution is 2.37. The van der Waals surface area contributed by atoms with Gasteiger partial charge in [0.05, 0.1) is 5.92 Å². The van der Waals surface area contributed by atoms with Gasteiger partial charge in [-0.25, -0.2) is 0 Å². The van der Waals surface area contributed by atoms with Gasteiger partial charge >= 0.3 is 0 Å². The number of carbonyl (C=O) groups is 1. The Kier molecular flexibility index (Phi) is 1.96. The summed E-state index contributed by atoms with van der Waals surface area (Å²) in [6, 6.07) is 12.4. The Balaban J connectivity index is 2.26. The van der Waals surface area contributed by atoms with Crippen LogP contribution in [0.5, 0.6) is 0 Å². The van der Waals surface area contributed by atoms with Crippen molar-refractivity contribution in [3.63, 3.8) is 0 Å². The number of fused-ring (bicyclic) bond motifs is 2. The van der Waals surface area contributed by atoms with Crippen LogP contribution in [-0.4, -0.2) is 5.91 Å². The predicted octanol–water partition coefficient (Wildman–Crippen LogP) is 3.29. The van der Waals surface area contributed by atoms with E-state index in [1.165, 1.54) is 10.8 Å². The van der Waals surface area contributed by atoms with Crippen molar-refractivity contribution >= 4 is 22.4 Å². The highest BCUT2D eigenvalue weighted by Gasteiger charge is 2.28. The van der Waals surface area contributed by atoms with Gasteiger partial charge in [0.15, 0.2) is 0 Å². The van der Waals surface area contributed by atoms with E-state index in [2.05, 4.69) is 36.5 Å². The summed E-state index contributed by atoms with van der Waals surface area (Å²) in [7, 11) is 0. The molecule has 0 radical (unpaired) electrons. The second-order valence-electron chi connectivity index (χ2n) is 4.24. The quantitative estimate of drug-likeness (QED) is 0.770. The highest BCUT2D eigenvalue weighted by molar-refractivity contribution is 6.05. The smallest absolute Gasteiger partial charge is 0.231 e. The molecule has 2 aromatic rings. The summed E-state index contributed by atoms with van der Waals surface area (Å²) in [5, 5.41) is 5.34. The molecular formula is C14H13NO. The summed E-state index contributed by atoms with van der Waals surface area (Å²) in [5.41, 5.74) is 2.13. The van der Waals surface area contributed by atoms with Crippen molar-refractivity contribution in [3.8, 4) is 0 Å². The molecule has 0 bridgehead atoms. The first kappa shape index (κ1) is 9.40. The van der Waals surface area contributed by atoms with Gasteiger partial charge in [-0.3, -0.25) is 4.79 Å². The molecule has 80 valence electrons. The second-order valence-corrected chi connectivity index (χ2v) is 4.24. The summed E-state index contributed by atoms with van der Waals surface area (Å²) in [6.45, 7) is 2.05.